The number of hydrogen-bond acceptors (Lipinski definition) is 4. The number of aromatic nitrogens is 2. The van der Waals surface area contributed by atoms with Crippen molar-refractivity contribution in [1.82, 2.24) is 15.1 Å². The minimum Gasteiger partial charge on any atom is -0.486 e. The molecular formula is C27H29N3O3. The number of hydrogen-bond donors (Lipinski definition) is 1. The summed E-state index contributed by atoms with van der Waals surface area (Å²) in [5, 5.41) is 7.57. The Morgan fingerprint density at radius 2 is 1.79 bits per heavy atom. The first-order valence-electron chi connectivity index (χ1n) is 11.2. The number of carbonyl (C=O) groups is 1. The second-order valence-corrected chi connectivity index (χ2v) is 8.03. The fourth-order valence-electron chi connectivity index (χ4n) is 3.78. The molecule has 0 aliphatic heterocycles. The smallest absolute Gasteiger partial charge is 0.287 e. The number of ether oxygens (including phenoxy) is 1. The second kappa shape index (κ2) is 10.2. The normalized spacial score (nSPS) is 10.9. The molecule has 2 aromatic heterocycles. The molecule has 0 saturated carbocycles. The molecule has 0 spiro atoms. The van der Waals surface area contributed by atoms with Gasteiger partial charge in [0.25, 0.3) is 5.91 Å². The van der Waals surface area contributed by atoms with Gasteiger partial charge in [-0.1, -0.05) is 43.7 Å². The molecule has 6 nitrogen and oxygen atoms in total. The number of para-hydroxylation sites is 1. The first-order chi connectivity index (χ1) is 16.0. The number of nitrogens with zero attached hydrogens (tertiary/aromatic N) is 2. The summed E-state index contributed by atoms with van der Waals surface area (Å²) in [7, 11) is 0. The Morgan fingerprint density at radius 3 is 2.52 bits per heavy atom. The Balaban J connectivity index is 1.34. The molecule has 0 bridgehead atoms. The summed E-state index contributed by atoms with van der Waals surface area (Å²) >= 11 is 0. The van der Waals surface area contributed by atoms with Crippen LogP contribution in [0.25, 0.3) is 5.69 Å². The van der Waals surface area contributed by atoms with Crippen molar-refractivity contribution >= 4 is 5.91 Å². The Kier molecular flexibility index (Phi) is 6.93. The topological polar surface area (TPSA) is 69.3 Å². The Hall–Kier alpha value is -3.80. The zero-order chi connectivity index (χ0) is 23.2. The van der Waals surface area contributed by atoms with Gasteiger partial charge in [-0.15, -0.1) is 0 Å². The van der Waals surface area contributed by atoms with Gasteiger partial charge in [-0.25, -0.2) is 4.68 Å². The fraction of sp³-hybridized carbons (Fsp3) is 0.259. The van der Waals surface area contributed by atoms with Crippen LogP contribution in [0.1, 0.15) is 52.2 Å². The number of benzene rings is 2. The van der Waals surface area contributed by atoms with Crippen molar-refractivity contribution in [1.29, 1.82) is 0 Å². The molecule has 2 aromatic carbocycles. The molecule has 6 heteroatoms. The summed E-state index contributed by atoms with van der Waals surface area (Å²) in [4.78, 5) is 12.6. The van der Waals surface area contributed by atoms with Gasteiger partial charge in [0, 0.05) is 17.8 Å². The maximum Gasteiger partial charge on any atom is 0.287 e. The predicted octanol–water partition coefficient (Wildman–Crippen LogP) is 5.54. The molecule has 1 amide bonds. The van der Waals surface area contributed by atoms with E-state index in [9.17, 15) is 4.79 Å². The average Bonchev–Trinajstić information content (AvgIpc) is 3.42. The summed E-state index contributed by atoms with van der Waals surface area (Å²) in [6.07, 6.45) is 2.18. The van der Waals surface area contributed by atoms with E-state index in [0.717, 1.165) is 41.2 Å². The van der Waals surface area contributed by atoms with Crippen molar-refractivity contribution in [2.45, 2.75) is 46.8 Å². The molecule has 0 aliphatic carbocycles. The summed E-state index contributed by atoms with van der Waals surface area (Å²) in [6.45, 7) is 6.76. The van der Waals surface area contributed by atoms with E-state index in [2.05, 4.69) is 29.5 Å². The van der Waals surface area contributed by atoms with Crippen LogP contribution in [-0.2, 0) is 19.6 Å². The van der Waals surface area contributed by atoms with Crippen LogP contribution >= 0.6 is 0 Å². The molecule has 33 heavy (non-hydrogen) atoms. The van der Waals surface area contributed by atoms with Crippen LogP contribution in [0.5, 0.6) is 5.75 Å². The molecular weight excluding hydrogens is 414 g/mol. The van der Waals surface area contributed by atoms with E-state index in [0.29, 0.717) is 12.3 Å². The highest BCUT2D eigenvalue weighted by molar-refractivity contribution is 5.91. The SMILES string of the molecule is CCCc1ccc(OCc2ccc(C(=O)NCc3c(C)nn(-c4ccccc4)c3C)o2)cc1. The lowest BCUT2D eigenvalue weighted by Crippen LogP contribution is -2.23. The molecule has 4 rings (SSSR count). The molecule has 1 N–H and O–H groups in total. The van der Waals surface area contributed by atoms with E-state index >= 15 is 0 Å². The molecule has 0 aliphatic rings. The Morgan fingerprint density at radius 1 is 1.03 bits per heavy atom. The van der Waals surface area contributed by atoms with Crippen molar-refractivity contribution in [3.8, 4) is 11.4 Å². The number of furan rings is 1. The highest BCUT2D eigenvalue weighted by Crippen LogP contribution is 2.19. The van der Waals surface area contributed by atoms with E-state index in [1.807, 2.05) is 61.0 Å². The number of amides is 1. The van der Waals surface area contributed by atoms with Crippen LogP contribution in [0, 0.1) is 13.8 Å². The molecule has 0 atom stereocenters. The molecule has 4 aromatic rings. The van der Waals surface area contributed by atoms with Crippen LogP contribution in [0.15, 0.2) is 71.1 Å². The molecule has 2 heterocycles. The lowest BCUT2D eigenvalue weighted by molar-refractivity contribution is 0.0919. The summed E-state index contributed by atoms with van der Waals surface area (Å²) in [6, 6.07) is 21.5. The van der Waals surface area contributed by atoms with Crippen molar-refractivity contribution < 1.29 is 13.9 Å². The van der Waals surface area contributed by atoms with Gasteiger partial charge in [-0.3, -0.25) is 4.79 Å². The fourth-order valence-corrected chi connectivity index (χ4v) is 3.78. The van der Waals surface area contributed by atoms with Gasteiger partial charge in [0.05, 0.1) is 11.4 Å². The lowest BCUT2D eigenvalue weighted by atomic mass is 10.1. The first kappa shape index (κ1) is 22.4. The molecule has 0 unspecified atom stereocenters. The van der Waals surface area contributed by atoms with Crippen LogP contribution in [-0.4, -0.2) is 15.7 Å². The van der Waals surface area contributed by atoms with Gasteiger partial charge in [0.15, 0.2) is 5.76 Å². The number of carbonyl (C=O) groups excluding carboxylic acids is 1. The maximum atomic E-state index is 12.6. The van der Waals surface area contributed by atoms with E-state index in [1.54, 1.807) is 12.1 Å². The zero-order valence-electron chi connectivity index (χ0n) is 19.3. The number of rotatable bonds is 9. The van der Waals surface area contributed by atoms with Gasteiger partial charge in [0.1, 0.15) is 18.1 Å². The third kappa shape index (κ3) is 5.34. The zero-order valence-corrected chi connectivity index (χ0v) is 19.3. The van der Waals surface area contributed by atoms with Crippen molar-refractivity contribution in [2.75, 3.05) is 0 Å². The standard InChI is InChI=1S/C27H29N3O3/c1-4-8-21-11-13-23(14-12-21)32-18-24-15-16-26(33-24)27(31)28-17-25-19(2)29-30(20(25)3)22-9-6-5-7-10-22/h5-7,9-16H,4,8,17-18H2,1-3H3,(H,28,31). The summed E-state index contributed by atoms with van der Waals surface area (Å²) in [5.41, 5.74) is 5.16. The second-order valence-electron chi connectivity index (χ2n) is 8.03. The van der Waals surface area contributed by atoms with Crippen LogP contribution < -0.4 is 10.1 Å². The van der Waals surface area contributed by atoms with Crippen LogP contribution in [0.2, 0.25) is 0 Å². The monoisotopic (exact) mass is 443 g/mol. The van der Waals surface area contributed by atoms with E-state index in [-0.39, 0.29) is 18.3 Å². The van der Waals surface area contributed by atoms with Crippen molar-refractivity contribution in [3.63, 3.8) is 0 Å². The summed E-state index contributed by atoms with van der Waals surface area (Å²) < 4.78 is 13.4. The number of nitrogens with one attached hydrogen (secondary N) is 1. The molecule has 0 radical (unpaired) electrons. The number of aryl methyl sites for hydroxylation is 2. The Labute approximate surface area is 194 Å². The van der Waals surface area contributed by atoms with Gasteiger partial charge in [0.2, 0.25) is 0 Å². The predicted molar refractivity (Wildman–Crippen MR) is 128 cm³/mol. The lowest BCUT2D eigenvalue weighted by Gasteiger charge is -2.07. The van der Waals surface area contributed by atoms with E-state index < -0.39 is 0 Å². The summed E-state index contributed by atoms with van der Waals surface area (Å²) in [5.74, 6) is 1.37. The van der Waals surface area contributed by atoms with Gasteiger partial charge in [-0.2, -0.15) is 5.10 Å². The largest absolute Gasteiger partial charge is 0.486 e. The van der Waals surface area contributed by atoms with Gasteiger partial charge < -0.3 is 14.5 Å². The minimum atomic E-state index is -0.267. The third-order valence-corrected chi connectivity index (χ3v) is 5.60. The van der Waals surface area contributed by atoms with Crippen LogP contribution in [0.4, 0.5) is 0 Å². The molecule has 0 saturated heterocycles. The van der Waals surface area contributed by atoms with Crippen molar-refractivity contribution in [2.24, 2.45) is 0 Å². The molecule has 170 valence electrons. The van der Waals surface area contributed by atoms with Crippen LogP contribution in [0.3, 0.4) is 0 Å². The third-order valence-electron chi connectivity index (χ3n) is 5.60. The molecule has 0 fully saturated rings. The highest BCUT2D eigenvalue weighted by atomic mass is 16.5. The van der Waals surface area contributed by atoms with Gasteiger partial charge in [-0.05, 0) is 62.2 Å². The maximum absolute atomic E-state index is 12.6. The highest BCUT2D eigenvalue weighted by Gasteiger charge is 2.16. The van der Waals surface area contributed by atoms with Crippen molar-refractivity contribution in [3.05, 3.63) is 101 Å². The quantitative estimate of drug-likeness (QED) is 0.369. The van der Waals surface area contributed by atoms with E-state index in [1.165, 1.54) is 5.56 Å². The van der Waals surface area contributed by atoms with E-state index in [4.69, 9.17) is 9.15 Å². The average molecular weight is 444 g/mol. The Bertz CT molecular complexity index is 1210. The van der Waals surface area contributed by atoms with Gasteiger partial charge >= 0.3 is 0 Å². The minimum absolute atomic E-state index is 0.262. The first-order valence-corrected chi connectivity index (χ1v) is 11.2.